The Morgan fingerprint density at radius 1 is 1.14 bits per heavy atom. The molecule has 1 aliphatic rings. The van der Waals surface area contributed by atoms with Gasteiger partial charge in [0.15, 0.2) is 5.69 Å². The molecule has 4 rings (SSSR count). The average molecular weight is 496 g/mol. The lowest BCUT2D eigenvalue weighted by atomic mass is 9.98. The number of ether oxygens (including phenoxy) is 1. The van der Waals surface area contributed by atoms with Crippen molar-refractivity contribution in [2.24, 2.45) is 0 Å². The van der Waals surface area contributed by atoms with Crippen molar-refractivity contribution in [3.05, 3.63) is 93.4 Å². The summed E-state index contributed by atoms with van der Waals surface area (Å²) in [5, 5.41) is 22.4. The second kappa shape index (κ2) is 11.0. The van der Waals surface area contributed by atoms with E-state index in [2.05, 4.69) is 15.3 Å². The number of aromatic hydroxyl groups is 1. The fraction of sp³-hybridized carbons (Fsp3) is 0.280. The van der Waals surface area contributed by atoms with E-state index >= 15 is 0 Å². The second-order valence-corrected chi connectivity index (χ2v) is 8.39. The van der Waals surface area contributed by atoms with Crippen LogP contribution in [0.1, 0.15) is 46.3 Å². The normalized spacial score (nSPS) is 17.5. The Balaban J connectivity index is 1.53. The molecule has 1 fully saturated rings. The standard InChI is InChI=1S/C25H25FN4O6/c26-17-8-6-15(7-9-17)13-27-23(32)20-21(31)24(33)29-22(28-20)19-12-18(10-11-30(19)25(34)35)36-14-16-4-2-1-3-5-16/h1-9,18-19,31H,10-14H2,(H,27,32)(H,34,35)(H,28,29,33)/t18-,19+/m1/s1. The highest BCUT2D eigenvalue weighted by Crippen LogP contribution is 2.31. The van der Waals surface area contributed by atoms with E-state index in [4.69, 9.17) is 4.74 Å². The molecular weight excluding hydrogens is 471 g/mol. The Morgan fingerprint density at radius 3 is 2.56 bits per heavy atom. The number of carbonyl (C=O) groups excluding carboxylic acids is 1. The van der Waals surface area contributed by atoms with E-state index in [1.807, 2.05) is 30.3 Å². The fourth-order valence-electron chi connectivity index (χ4n) is 4.03. The summed E-state index contributed by atoms with van der Waals surface area (Å²) in [5.74, 6) is -2.21. The Labute approximate surface area is 205 Å². The summed E-state index contributed by atoms with van der Waals surface area (Å²) in [6, 6.07) is 14.1. The monoisotopic (exact) mass is 496 g/mol. The van der Waals surface area contributed by atoms with Crippen LogP contribution in [0.4, 0.5) is 9.18 Å². The summed E-state index contributed by atoms with van der Waals surface area (Å²) in [5.41, 5.74) is 0.0566. The average Bonchev–Trinajstić information content (AvgIpc) is 2.88. The SMILES string of the molecule is O=C(NCc1ccc(F)cc1)c1nc([C@@H]2C[C@H](OCc3ccccc3)CCN2C(=O)O)[nH]c(=O)c1O. The third-order valence-corrected chi connectivity index (χ3v) is 5.94. The van der Waals surface area contributed by atoms with Crippen LogP contribution >= 0.6 is 0 Å². The fourth-order valence-corrected chi connectivity index (χ4v) is 4.03. The Morgan fingerprint density at radius 2 is 1.86 bits per heavy atom. The zero-order valence-corrected chi connectivity index (χ0v) is 19.2. The number of hydrogen-bond donors (Lipinski definition) is 4. The first-order valence-electron chi connectivity index (χ1n) is 11.3. The molecule has 2 heterocycles. The molecule has 11 heteroatoms. The van der Waals surface area contributed by atoms with Crippen LogP contribution in [0.15, 0.2) is 59.4 Å². The Kier molecular flexibility index (Phi) is 7.59. The van der Waals surface area contributed by atoms with Crippen molar-refractivity contribution in [2.75, 3.05) is 6.54 Å². The van der Waals surface area contributed by atoms with Crippen molar-refractivity contribution < 1.29 is 28.9 Å². The third kappa shape index (κ3) is 5.87. The number of likely N-dealkylation sites (tertiary alicyclic amines) is 1. The molecule has 0 spiro atoms. The number of hydrogen-bond acceptors (Lipinski definition) is 6. The van der Waals surface area contributed by atoms with Gasteiger partial charge in [0.25, 0.3) is 11.5 Å². The summed E-state index contributed by atoms with van der Waals surface area (Å²) < 4.78 is 19.1. The smallest absolute Gasteiger partial charge is 0.407 e. The molecule has 188 valence electrons. The molecule has 10 nitrogen and oxygen atoms in total. The third-order valence-electron chi connectivity index (χ3n) is 5.94. The van der Waals surface area contributed by atoms with E-state index < -0.39 is 40.9 Å². The van der Waals surface area contributed by atoms with Gasteiger partial charge in [-0.2, -0.15) is 0 Å². The minimum atomic E-state index is -1.21. The van der Waals surface area contributed by atoms with Crippen LogP contribution in [0.3, 0.4) is 0 Å². The molecule has 0 bridgehead atoms. The van der Waals surface area contributed by atoms with Crippen molar-refractivity contribution in [2.45, 2.75) is 38.1 Å². The van der Waals surface area contributed by atoms with Gasteiger partial charge in [-0.05, 0) is 29.7 Å². The molecular formula is C25H25FN4O6. The van der Waals surface area contributed by atoms with E-state index in [9.17, 15) is 29.0 Å². The van der Waals surface area contributed by atoms with Crippen LogP contribution in [0, 0.1) is 5.82 Å². The molecule has 3 aromatic rings. The maximum Gasteiger partial charge on any atom is 0.407 e. The maximum absolute atomic E-state index is 13.1. The Hall–Kier alpha value is -4.25. The van der Waals surface area contributed by atoms with Crippen molar-refractivity contribution in [1.29, 1.82) is 0 Å². The van der Waals surface area contributed by atoms with Crippen LogP contribution in [0.5, 0.6) is 5.75 Å². The number of aromatic nitrogens is 2. The van der Waals surface area contributed by atoms with Crippen molar-refractivity contribution in [1.82, 2.24) is 20.2 Å². The Bertz CT molecular complexity index is 1280. The van der Waals surface area contributed by atoms with Crippen LogP contribution in [0.25, 0.3) is 0 Å². The number of carboxylic acid groups (broad SMARTS) is 1. The number of H-pyrrole nitrogens is 1. The van der Waals surface area contributed by atoms with Gasteiger partial charge in [0.2, 0.25) is 5.75 Å². The predicted octanol–water partition coefficient (Wildman–Crippen LogP) is 2.94. The zero-order chi connectivity index (χ0) is 25.7. The van der Waals surface area contributed by atoms with E-state index in [0.29, 0.717) is 18.6 Å². The van der Waals surface area contributed by atoms with Gasteiger partial charge in [-0.15, -0.1) is 0 Å². The molecule has 2 atom stereocenters. The van der Waals surface area contributed by atoms with Crippen molar-refractivity contribution in [3.63, 3.8) is 0 Å². The van der Waals surface area contributed by atoms with Gasteiger partial charge in [-0.3, -0.25) is 14.5 Å². The van der Waals surface area contributed by atoms with Gasteiger partial charge in [0, 0.05) is 19.5 Å². The lowest BCUT2D eigenvalue weighted by molar-refractivity contribution is -0.0214. The molecule has 36 heavy (non-hydrogen) atoms. The van der Waals surface area contributed by atoms with E-state index in [1.165, 1.54) is 24.3 Å². The summed E-state index contributed by atoms with van der Waals surface area (Å²) in [7, 11) is 0. The van der Waals surface area contributed by atoms with Crippen molar-refractivity contribution >= 4 is 12.0 Å². The van der Waals surface area contributed by atoms with E-state index in [1.54, 1.807) is 0 Å². The van der Waals surface area contributed by atoms with Gasteiger partial charge in [0.1, 0.15) is 11.6 Å². The lowest BCUT2D eigenvalue weighted by Gasteiger charge is -2.37. The van der Waals surface area contributed by atoms with Crippen LogP contribution in [-0.4, -0.2) is 49.7 Å². The first-order valence-corrected chi connectivity index (χ1v) is 11.3. The summed E-state index contributed by atoms with van der Waals surface area (Å²) in [6.07, 6.45) is -0.882. The molecule has 2 amide bonds. The maximum atomic E-state index is 13.1. The highest BCUT2D eigenvalue weighted by atomic mass is 19.1. The minimum Gasteiger partial charge on any atom is -0.501 e. The summed E-state index contributed by atoms with van der Waals surface area (Å²) >= 11 is 0. The highest BCUT2D eigenvalue weighted by Gasteiger charge is 2.36. The van der Waals surface area contributed by atoms with Crippen LogP contribution in [-0.2, 0) is 17.9 Å². The first kappa shape index (κ1) is 24.9. The molecule has 1 aliphatic heterocycles. The number of piperidine rings is 1. The molecule has 1 aromatic heterocycles. The molecule has 0 saturated carbocycles. The van der Waals surface area contributed by atoms with Gasteiger partial charge >= 0.3 is 6.09 Å². The summed E-state index contributed by atoms with van der Waals surface area (Å²) in [4.78, 5) is 44.7. The first-order chi connectivity index (χ1) is 17.3. The second-order valence-electron chi connectivity index (χ2n) is 8.39. The van der Waals surface area contributed by atoms with E-state index in [-0.39, 0.29) is 31.4 Å². The molecule has 4 N–H and O–H groups in total. The number of carbonyl (C=O) groups is 2. The molecule has 1 saturated heterocycles. The number of amides is 2. The number of aromatic amines is 1. The van der Waals surface area contributed by atoms with Gasteiger partial charge < -0.3 is 25.3 Å². The van der Waals surface area contributed by atoms with E-state index in [0.717, 1.165) is 10.5 Å². The quantitative estimate of drug-likeness (QED) is 0.394. The molecule has 2 aromatic carbocycles. The zero-order valence-electron chi connectivity index (χ0n) is 19.2. The number of rotatable bonds is 7. The largest absolute Gasteiger partial charge is 0.501 e. The van der Waals surface area contributed by atoms with Gasteiger partial charge in [-0.25, -0.2) is 14.2 Å². The predicted molar refractivity (Wildman–Crippen MR) is 126 cm³/mol. The highest BCUT2D eigenvalue weighted by molar-refractivity contribution is 5.94. The summed E-state index contributed by atoms with van der Waals surface area (Å²) in [6.45, 7) is 0.473. The lowest BCUT2D eigenvalue weighted by Crippen LogP contribution is -2.44. The van der Waals surface area contributed by atoms with Crippen LogP contribution in [0.2, 0.25) is 0 Å². The number of halogens is 1. The molecule has 0 radical (unpaired) electrons. The number of benzene rings is 2. The van der Waals surface area contributed by atoms with Gasteiger partial charge in [0.05, 0.1) is 18.8 Å². The minimum absolute atomic E-state index is 0.00243. The molecule has 0 unspecified atom stereocenters. The number of nitrogens with one attached hydrogen (secondary N) is 2. The van der Waals surface area contributed by atoms with Crippen molar-refractivity contribution in [3.8, 4) is 5.75 Å². The van der Waals surface area contributed by atoms with Crippen LogP contribution < -0.4 is 10.9 Å². The number of nitrogens with zero attached hydrogens (tertiary/aromatic N) is 2. The topological polar surface area (TPSA) is 145 Å². The van der Waals surface area contributed by atoms with Gasteiger partial charge in [-0.1, -0.05) is 42.5 Å². The molecule has 0 aliphatic carbocycles.